The summed E-state index contributed by atoms with van der Waals surface area (Å²) in [6.07, 6.45) is -1.77. The smallest absolute Gasteiger partial charge is 0.281 e. The highest BCUT2D eigenvalue weighted by atomic mass is 19.3. The number of nitrogens with zero attached hydrogens (tertiary/aromatic N) is 3. The van der Waals surface area contributed by atoms with Crippen LogP contribution >= 0.6 is 0 Å². The van der Waals surface area contributed by atoms with Crippen LogP contribution < -0.4 is 5.73 Å². The highest BCUT2D eigenvalue weighted by Gasteiger charge is 2.20. The molecule has 0 aliphatic rings. The molecule has 1 rings (SSSR count). The maximum absolute atomic E-state index is 12.5. The molecule has 0 aromatic carbocycles. The fraction of sp³-hybridized carbons (Fsp3) is 0.300. The van der Waals surface area contributed by atoms with Gasteiger partial charge in [0, 0.05) is 12.7 Å². The molecule has 16 heavy (non-hydrogen) atoms. The van der Waals surface area contributed by atoms with Gasteiger partial charge in [-0.3, -0.25) is 4.98 Å². The van der Waals surface area contributed by atoms with E-state index in [-0.39, 0.29) is 24.1 Å². The topological polar surface area (TPSA) is 86.5 Å². The average Bonchev–Trinajstić information content (AvgIpc) is 2.28. The number of alkyl halides is 2. The second-order valence-corrected chi connectivity index (χ2v) is 2.97. The van der Waals surface area contributed by atoms with Crippen LogP contribution in [-0.2, 0) is 13.0 Å². The van der Waals surface area contributed by atoms with Gasteiger partial charge in [0.15, 0.2) is 0 Å². The standard InChI is InChI=1S/C10H8F2N4/c11-10(12)9-8(4-15)7(1-2-13)6(3-14)5-16-9/h5,10H,1,3,14H2. The van der Waals surface area contributed by atoms with Crippen molar-refractivity contribution >= 4 is 0 Å². The van der Waals surface area contributed by atoms with Gasteiger partial charge in [-0.15, -0.1) is 0 Å². The third-order valence-corrected chi connectivity index (χ3v) is 2.10. The Hall–Kier alpha value is -2.05. The van der Waals surface area contributed by atoms with Crippen LogP contribution in [0, 0.1) is 22.7 Å². The van der Waals surface area contributed by atoms with Crippen molar-refractivity contribution in [1.29, 1.82) is 10.5 Å². The Morgan fingerprint density at radius 3 is 2.56 bits per heavy atom. The van der Waals surface area contributed by atoms with Gasteiger partial charge in [0.1, 0.15) is 11.8 Å². The number of nitriles is 2. The number of pyridine rings is 1. The molecule has 4 nitrogen and oxygen atoms in total. The Bertz CT molecular complexity index is 471. The minimum Gasteiger partial charge on any atom is -0.326 e. The summed E-state index contributed by atoms with van der Waals surface area (Å²) in [4.78, 5) is 3.50. The molecule has 0 radical (unpaired) electrons. The predicted octanol–water partition coefficient (Wildman–Crippen LogP) is 1.42. The van der Waals surface area contributed by atoms with Gasteiger partial charge >= 0.3 is 0 Å². The molecule has 0 unspecified atom stereocenters. The van der Waals surface area contributed by atoms with E-state index in [0.717, 1.165) is 0 Å². The lowest BCUT2D eigenvalue weighted by atomic mass is 9.99. The Labute approximate surface area is 90.9 Å². The largest absolute Gasteiger partial charge is 0.326 e. The van der Waals surface area contributed by atoms with Crippen LogP contribution in [0.4, 0.5) is 8.78 Å². The summed E-state index contributed by atoms with van der Waals surface area (Å²) in [6.45, 7) is 0.0577. The molecule has 82 valence electrons. The zero-order chi connectivity index (χ0) is 12.1. The summed E-state index contributed by atoms with van der Waals surface area (Å²) in [5.74, 6) is 0. The van der Waals surface area contributed by atoms with E-state index < -0.39 is 12.1 Å². The van der Waals surface area contributed by atoms with Crippen LogP contribution in [-0.4, -0.2) is 4.98 Å². The molecule has 6 heteroatoms. The van der Waals surface area contributed by atoms with E-state index >= 15 is 0 Å². The lowest BCUT2D eigenvalue weighted by Gasteiger charge is -2.09. The molecule has 1 aromatic heterocycles. The molecular weight excluding hydrogens is 214 g/mol. The first-order valence-corrected chi connectivity index (χ1v) is 4.41. The number of rotatable bonds is 3. The van der Waals surface area contributed by atoms with Crippen molar-refractivity contribution in [2.45, 2.75) is 19.4 Å². The average molecular weight is 222 g/mol. The van der Waals surface area contributed by atoms with Crippen LogP contribution in [0.2, 0.25) is 0 Å². The third kappa shape index (κ3) is 2.13. The van der Waals surface area contributed by atoms with Gasteiger partial charge in [-0.25, -0.2) is 8.78 Å². The lowest BCUT2D eigenvalue weighted by Crippen LogP contribution is -2.08. The first-order chi connectivity index (χ1) is 7.65. The van der Waals surface area contributed by atoms with Crippen molar-refractivity contribution in [2.24, 2.45) is 5.73 Å². The van der Waals surface area contributed by atoms with E-state index in [4.69, 9.17) is 16.3 Å². The first-order valence-electron chi connectivity index (χ1n) is 4.41. The van der Waals surface area contributed by atoms with Crippen molar-refractivity contribution < 1.29 is 8.78 Å². The van der Waals surface area contributed by atoms with E-state index in [1.54, 1.807) is 6.07 Å². The van der Waals surface area contributed by atoms with Crippen molar-refractivity contribution in [3.8, 4) is 12.1 Å². The summed E-state index contributed by atoms with van der Waals surface area (Å²) in [5.41, 5.74) is 5.25. The van der Waals surface area contributed by atoms with Gasteiger partial charge in [0.2, 0.25) is 0 Å². The fourth-order valence-electron chi connectivity index (χ4n) is 1.35. The molecule has 1 aromatic rings. The predicted molar refractivity (Wildman–Crippen MR) is 51.1 cm³/mol. The fourth-order valence-corrected chi connectivity index (χ4v) is 1.35. The second kappa shape index (κ2) is 5.15. The van der Waals surface area contributed by atoms with Gasteiger partial charge in [0.05, 0.1) is 18.1 Å². The molecule has 0 bridgehead atoms. The number of nitrogens with two attached hydrogens (primary N) is 1. The van der Waals surface area contributed by atoms with E-state index in [2.05, 4.69) is 4.98 Å². The van der Waals surface area contributed by atoms with Crippen LogP contribution in [0.1, 0.15) is 28.8 Å². The Kier molecular flexibility index (Phi) is 3.87. The normalized spacial score (nSPS) is 9.88. The molecule has 2 N–H and O–H groups in total. The molecule has 0 amide bonds. The summed E-state index contributed by atoms with van der Waals surface area (Å²) < 4.78 is 25.1. The Balaban J connectivity index is 3.46. The highest BCUT2D eigenvalue weighted by Crippen LogP contribution is 2.25. The molecular formula is C10H8F2N4. The summed E-state index contributed by atoms with van der Waals surface area (Å²) >= 11 is 0. The molecule has 0 saturated carbocycles. The monoisotopic (exact) mass is 222 g/mol. The maximum Gasteiger partial charge on any atom is 0.281 e. The zero-order valence-corrected chi connectivity index (χ0v) is 8.24. The van der Waals surface area contributed by atoms with E-state index in [1.807, 2.05) is 6.07 Å². The lowest BCUT2D eigenvalue weighted by molar-refractivity contribution is 0.145. The minimum absolute atomic E-state index is 0.0577. The van der Waals surface area contributed by atoms with Gasteiger partial charge in [0.25, 0.3) is 6.43 Å². The summed E-state index contributed by atoms with van der Waals surface area (Å²) in [5, 5.41) is 17.4. The molecule has 0 aliphatic carbocycles. The molecule has 0 fully saturated rings. The van der Waals surface area contributed by atoms with Crippen molar-refractivity contribution in [3.63, 3.8) is 0 Å². The van der Waals surface area contributed by atoms with Crippen molar-refractivity contribution in [3.05, 3.63) is 28.6 Å². The maximum atomic E-state index is 12.5. The number of hydrogen-bond donors (Lipinski definition) is 1. The highest BCUT2D eigenvalue weighted by molar-refractivity contribution is 5.46. The third-order valence-electron chi connectivity index (χ3n) is 2.10. The minimum atomic E-state index is -2.83. The van der Waals surface area contributed by atoms with Crippen LogP contribution in [0.5, 0.6) is 0 Å². The first kappa shape index (κ1) is 12.0. The van der Waals surface area contributed by atoms with E-state index in [0.29, 0.717) is 5.56 Å². The van der Waals surface area contributed by atoms with E-state index in [1.165, 1.54) is 6.20 Å². The summed E-state index contributed by atoms with van der Waals surface area (Å²) in [7, 11) is 0. The van der Waals surface area contributed by atoms with Crippen LogP contribution in [0.15, 0.2) is 6.20 Å². The van der Waals surface area contributed by atoms with Crippen LogP contribution in [0.25, 0.3) is 0 Å². The molecule has 0 aliphatic heterocycles. The molecule has 0 atom stereocenters. The Morgan fingerprint density at radius 2 is 2.12 bits per heavy atom. The zero-order valence-electron chi connectivity index (χ0n) is 8.24. The second-order valence-electron chi connectivity index (χ2n) is 2.97. The molecule has 1 heterocycles. The number of halogens is 2. The quantitative estimate of drug-likeness (QED) is 0.837. The van der Waals surface area contributed by atoms with Crippen molar-refractivity contribution in [1.82, 2.24) is 4.98 Å². The Morgan fingerprint density at radius 1 is 1.44 bits per heavy atom. The van der Waals surface area contributed by atoms with Crippen molar-refractivity contribution in [2.75, 3.05) is 0 Å². The van der Waals surface area contributed by atoms with Crippen LogP contribution in [0.3, 0.4) is 0 Å². The van der Waals surface area contributed by atoms with E-state index in [9.17, 15) is 8.78 Å². The van der Waals surface area contributed by atoms with Gasteiger partial charge < -0.3 is 5.73 Å². The van der Waals surface area contributed by atoms with Gasteiger partial charge in [-0.1, -0.05) is 0 Å². The summed E-state index contributed by atoms with van der Waals surface area (Å²) in [6, 6.07) is 3.48. The molecule has 0 saturated heterocycles. The number of hydrogen-bond acceptors (Lipinski definition) is 4. The van der Waals surface area contributed by atoms with Gasteiger partial charge in [-0.05, 0) is 11.1 Å². The SMILES string of the molecule is N#CCc1c(CN)cnc(C(F)F)c1C#N. The number of aromatic nitrogens is 1. The van der Waals surface area contributed by atoms with Gasteiger partial charge in [-0.2, -0.15) is 10.5 Å². The molecule has 0 spiro atoms.